The minimum absolute atomic E-state index is 0.0332. The standard InChI is InChI=1S/C15H21NO2S/c1-3-8-16-11(2)12-5-4-6-13(10-12)19-14-7-9-18-15(14)17/h4-6,10-11,14,16H,3,7-9H2,1-2H3. The van der Waals surface area contributed by atoms with Gasteiger partial charge in [-0.15, -0.1) is 11.8 Å². The van der Waals surface area contributed by atoms with Gasteiger partial charge in [-0.25, -0.2) is 0 Å². The molecule has 19 heavy (non-hydrogen) atoms. The summed E-state index contributed by atoms with van der Waals surface area (Å²) in [6.07, 6.45) is 1.95. The summed E-state index contributed by atoms with van der Waals surface area (Å²) in [6, 6.07) is 8.76. The molecule has 1 aliphatic heterocycles. The zero-order valence-electron chi connectivity index (χ0n) is 11.5. The summed E-state index contributed by atoms with van der Waals surface area (Å²) >= 11 is 1.61. The van der Waals surface area contributed by atoms with E-state index in [9.17, 15) is 4.79 Å². The van der Waals surface area contributed by atoms with E-state index in [1.165, 1.54) is 5.56 Å². The lowest BCUT2D eigenvalue weighted by molar-refractivity contribution is -0.137. The minimum Gasteiger partial charge on any atom is -0.465 e. The first-order chi connectivity index (χ1) is 9.20. The van der Waals surface area contributed by atoms with E-state index in [1.807, 2.05) is 0 Å². The topological polar surface area (TPSA) is 38.3 Å². The van der Waals surface area contributed by atoms with Crippen molar-refractivity contribution in [3.63, 3.8) is 0 Å². The lowest BCUT2D eigenvalue weighted by Gasteiger charge is -2.15. The lowest BCUT2D eigenvalue weighted by atomic mass is 10.1. The zero-order chi connectivity index (χ0) is 13.7. The van der Waals surface area contributed by atoms with E-state index in [4.69, 9.17) is 4.74 Å². The van der Waals surface area contributed by atoms with Gasteiger partial charge in [0, 0.05) is 17.4 Å². The average molecular weight is 279 g/mol. The Kier molecular flexibility index (Phi) is 5.28. The third-order valence-electron chi connectivity index (χ3n) is 3.22. The van der Waals surface area contributed by atoms with Crippen LogP contribution in [0, 0.1) is 0 Å². The van der Waals surface area contributed by atoms with E-state index in [2.05, 4.69) is 43.4 Å². The fourth-order valence-corrected chi connectivity index (χ4v) is 3.15. The van der Waals surface area contributed by atoms with Crippen LogP contribution in [0.25, 0.3) is 0 Å². The summed E-state index contributed by atoms with van der Waals surface area (Å²) in [5.41, 5.74) is 1.27. The Bertz CT molecular complexity index is 436. The maximum absolute atomic E-state index is 11.5. The number of nitrogens with one attached hydrogen (secondary N) is 1. The SMILES string of the molecule is CCCNC(C)c1cccc(SC2CCOC2=O)c1. The molecular weight excluding hydrogens is 258 g/mol. The highest BCUT2D eigenvalue weighted by Crippen LogP contribution is 2.30. The Morgan fingerprint density at radius 1 is 1.53 bits per heavy atom. The Labute approximate surface area is 119 Å². The molecule has 2 atom stereocenters. The Morgan fingerprint density at radius 3 is 3.05 bits per heavy atom. The first-order valence-electron chi connectivity index (χ1n) is 6.87. The second-order valence-electron chi connectivity index (χ2n) is 4.81. The molecule has 1 aliphatic rings. The van der Waals surface area contributed by atoms with E-state index in [1.54, 1.807) is 11.8 Å². The number of hydrogen-bond donors (Lipinski definition) is 1. The molecule has 0 amide bonds. The molecular formula is C15H21NO2S. The van der Waals surface area contributed by atoms with Gasteiger partial charge in [0.2, 0.25) is 0 Å². The smallest absolute Gasteiger partial charge is 0.319 e. The first-order valence-corrected chi connectivity index (χ1v) is 7.75. The normalized spacial score (nSPS) is 20.3. The van der Waals surface area contributed by atoms with Crippen molar-refractivity contribution in [3.8, 4) is 0 Å². The molecule has 0 spiro atoms. The fourth-order valence-electron chi connectivity index (χ4n) is 2.08. The molecule has 1 saturated heterocycles. The van der Waals surface area contributed by atoms with Crippen LogP contribution in [0.3, 0.4) is 0 Å². The van der Waals surface area contributed by atoms with E-state index in [-0.39, 0.29) is 11.2 Å². The maximum Gasteiger partial charge on any atom is 0.319 e. The molecule has 0 radical (unpaired) electrons. The molecule has 1 N–H and O–H groups in total. The van der Waals surface area contributed by atoms with Crippen molar-refractivity contribution in [2.24, 2.45) is 0 Å². The summed E-state index contributed by atoms with van der Waals surface area (Å²) in [4.78, 5) is 12.6. The molecule has 4 heteroatoms. The average Bonchev–Trinajstić information content (AvgIpc) is 2.82. The molecule has 104 valence electrons. The largest absolute Gasteiger partial charge is 0.465 e. The van der Waals surface area contributed by atoms with Crippen molar-refractivity contribution in [2.45, 2.75) is 42.9 Å². The molecule has 0 bridgehead atoms. The van der Waals surface area contributed by atoms with Crippen LogP contribution in [-0.4, -0.2) is 24.4 Å². The summed E-state index contributed by atoms with van der Waals surface area (Å²) in [6.45, 7) is 5.92. The van der Waals surface area contributed by atoms with Crippen LogP contribution in [0.15, 0.2) is 29.2 Å². The molecule has 0 saturated carbocycles. The predicted octanol–water partition coefficient (Wildman–Crippen LogP) is 3.15. The van der Waals surface area contributed by atoms with Crippen LogP contribution in [0.4, 0.5) is 0 Å². The molecule has 1 aromatic rings. The van der Waals surface area contributed by atoms with Gasteiger partial charge in [-0.3, -0.25) is 4.79 Å². The number of carbonyl (C=O) groups is 1. The number of ether oxygens (including phenoxy) is 1. The van der Waals surface area contributed by atoms with Gasteiger partial charge in [0.05, 0.1) is 6.61 Å². The number of benzene rings is 1. The number of carbonyl (C=O) groups excluding carboxylic acids is 1. The van der Waals surface area contributed by atoms with Crippen molar-refractivity contribution in [3.05, 3.63) is 29.8 Å². The van der Waals surface area contributed by atoms with Gasteiger partial charge in [0.25, 0.3) is 0 Å². The highest BCUT2D eigenvalue weighted by Gasteiger charge is 2.27. The zero-order valence-corrected chi connectivity index (χ0v) is 12.3. The van der Waals surface area contributed by atoms with Crippen LogP contribution in [0.2, 0.25) is 0 Å². The molecule has 0 aromatic heterocycles. The molecule has 1 aromatic carbocycles. The fraction of sp³-hybridized carbons (Fsp3) is 0.533. The van der Waals surface area contributed by atoms with Crippen molar-refractivity contribution in [1.29, 1.82) is 0 Å². The predicted molar refractivity (Wildman–Crippen MR) is 78.4 cm³/mol. The lowest BCUT2D eigenvalue weighted by Crippen LogP contribution is -2.19. The van der Waals surface area contributed by atoms with E-state index in [0.29, 0.717) is 12.6 Å². The van der Waals surface area contributed by atoms with E-state index < -0.39 is 0 Å². The quantitative estimate of drug-likeness (QED) is 0.812. The van der Waals surface area contributed by atoms with Crippen molar-refractivity contribution in [2.75, 3.05) is 13.2 Å². The molecule has 2 unspecified atom stereocenters. The highest BCUT2D eigenvalue weighted by molar-refractivity contribution is 8.00. The Balaban J connectivity index is 2.00. The number of hydrogen-bond acceptors (Lipinski definition) is 4. The van der Waals surface area contributed by atoms with Crippen LogP contribution in [0.5, 0.6) is 0 Å². The number of cyclic esters (lactones) is 1. The number of rotatable bonds is 6. The second kappa shape index (κ2) is 6.96. The van der Waals surface area contributed by atoms with Crippen molar-refractivity contribution >= 4 is 17.7 Å². The van der Waals surface area contributed by atoms with Gasteiger partial charge < -0.3 is 10.1 Å². The third-order valence-corrected chi connectivity index (χ3v) is 4.46. The second-order valence-corrected chi connectivity index (χ2v) is 6.09. The van der Waals surface area contributed by atoms with Crippen LogP contribution >= 0.6 is 11.8 Å². The Morgan fingerprint density at radius 2 is 2.37 bits per heavy atom. The molecule has 1 fully saturated rings. The van der Waals surface area contributed by atoms with Gasteiger partial charge in [-0.2, -0.15) is 0 Å². The van der Waals surface area contributed by atoms with Crippen LogP contribution in [-0.2, 0) is 9.53 Å². The molecule has 3 nitrogen and oxygen atoms in total. The van der Waals surface area contributed by atoms with Gasteiger partial charge >= 0.3 is 5.97 Å². The summed E-state index contributed by atoms with van der Waals surface area (Å²) in [5, 5.41) is 3.44. The number of thioether (sulfide) groups is 1. The molecule has 2 rings (SSSR count). The molecule has 0 aliphatic carbocycles. The van der Waals surface area contributed by atoms with Gasteiger partial charge in [0.1, 0.15) is 5.25 Å². The van der Waals surface area contributed by atoms with Crippen LogP contribution in [0.1, 0.15) is 38.3 Å². The number of esters is 1. The van der Waals surface area contributed by atoms with Crippen molar-refractivity contribution in [1.82, 2.24) is 5.32 Å². The minimum atomic E-state index is -0.0763. The van der Waals surface area contributed by atoms with Crippen molar-refractivity contribution < 1.29 is 9.53 Å². The first kappa shape index (κ1) is 14.4. The summed E-state index contributed by atoms with van der Waals surface area (Å²) < 4.78 is 5.00. The van der Waals surface area contributed by atoms with E-state index in [0.717, 1.165) is 24.3 Å². The van der Waals surface area contributed by atoms with Gasteiger partial charge in [0.15, 0.2) is 0 Å². The van der Waals surface area contributed by atoms with Gasteiger partial charge in [-0.1, -0.05) is 19.1 Å². The van der Waals surface area contributed by atoms with E-state index >= 15 is 0 Å². The summed E-state index contributed by atoms with van der Waals surface area (Å²) in [5.74, 6) is -0.0763. The summed E-state index contributed by atoms with van der Waals surface area (Å²) in [7, 11) is 0. The maximum atomic E-state index is 11.5. The Hall–Kier alpha value is -1.00. The van der Waals surface area contributed by atoms with Gasteiger partial charge in [-0.05, 0) is 37.6 Å². The monoisotopic (exact) mass is 279 g/mol. The molecule has 1 heterocycles. The highest BCUT2D eigenvalue weighted by atomic mass is 32.2. The van der Waals surface area contributed by atoms with Crippen LogP contribution < -0.4 is 5.32 Å². The third kappa shape index (κ3) is 3.98.